The number of nitrogens with one attached hydrogen (secondary N) is 1. The van der Waals surface area contributed by atoms with Gasteiger partial charge in [-0.15, -0.1) is 0 Å². The first-order valence-corrected chi connectivity index (χ1v) is 6.37. The summed E-state index contributed by atoms with van der Waals surface area (Å²) in [6.45, 7) is 4.44. The molecule has 0 radical (unpaired) electrons. The number of pyridine rings is 1. The van der Waals surface area contributed by atoms with Gasteiger partial charge in [0.2, 0.25) is 0 Å². The van der Waals surface area contributed by atoms with Crippen molar-refractivity contribution in [1.82, 2.24) is 4.98 Å². The smallest absolute Gasteiger partial charge is 0.381 e. The molecule has 0 saturated heterocycles. The van der Waals surface area contributed by atoms with Crippen molar-refractivity contribution in [3.8, 4) is 0 Å². The molecule has 5 heteroatoms. The van der Waals surface area contributed by atoms with Gasteiger partial charge in [0.05, 0.1) is 0 Å². The summed E-state index contributed by atoms with van der Waals surface area (Å²) in [6.07, 6.45) is -3.15. The average molecular weight is 282 g/mol. The third-order valence-corrected chi connectivity index (χ3v) is 2.39. The summed E-state index contributed by atoms with van der Waals surface area (Å²) in [5.74, 6) is 0. The van der Waals surface area contributed by atoms with Crippen LogP contribution in [-0.4, -0.2) is 4.98 Å². The second-order valence-electron chi connectivity index (χ2n) is 3.77. The van der Waals surface area contributed by atoms with E-state index < -0.39 is 11.9 Å². The van der Waals surface area contributed by atoms with Crippen molar-refractivity contribution >= 4 is 5.69 Å². The van der Waals surface area contributed by atoms with Crippen molar-refractivity contribution < 1.29 is 13.2 Å². The molecule has 0 fully saturated rings. The fourth-order valence-electron chi connectivity index (χ4n) is 1.46. The number of halogens is 3. The van der Waals surface area contributed by atoms with Gasteiger partial charge in [0, 0.05) is 18.4 Å². The molecule has 20 heavy (non-hydrogen) atoms. The summed E-state index contributed by atoms with van der Waals surface area (Å²) < 4.78 is 36.9. The molecule has 2 aromatic rings. The predicted octanol–water partition coefficient (Wildman–Crippen LogP) is 4.74. The second-order valence-corrected chi connectivity index (χ2v) is 3.77. The molecular formula is C15H17F3N2. The van der Waals surface area contributed by atoms with Crippen molar-refractivity contribution in [2.24, 2.45) is 0 Å². The molecule has 2 nitrogen and oxygen atoms in total. The van der Waals surface area contributed by atoms with Gasteiger partial charge in [-0.2, -0.15) is 13.2 Å². The monoisotopic (exact) mass is 282 g/mol. The van der Waals surface area contributed by atoms with E-state index >= 15 is 0 Å². The summed E-state index contributed by atoms with van der Waals surface area (Å²) in [5, 5.41) is 3.10. The lowest BCUT2D eigenvalue weighted by atomic mass is 10.2. The molecule has 2 rings (SSSR count). The second kappa shape index (κ2) is 7.53. The average Bonchev–Trinajstić information content (AvgIpc) is 2.48. The highest BCUT2D eigenvalue weighted by molar-refractivity contribution is 5.42. The summed E-state index contributed by atoms with van der Waals surface area (Å²) in [6, 6.07) is 11.8. The molecule has 108 valence electrons. The van der Waals surface area contributed by atoms with E-state index in [0.717, 1.165) is 11.8 Å². The minimum Gasteiger partial charge on any atom is -0.381 e. The van der Waals surface area contributed by atoms with Gasteiger partial charge in [-0.25, -0.2) is 0 Å². The third-order valence-electron chi connectivity index (χ3n) is 2.39. The highest BCUT2D eigenvalue weighted by Crippen LogP contribution is 2.27. The van der Waals surface area contributed by atoms with Gasteiger partial charge < -0.3 is 5.32 Å². The Morgan fingerprint density at radius 3 is 2.15 bits per heavy atom. The molecule has 0 aliphatic heterocycles. The lowest BCUT2D eigenvalue weighted by Gasteiger charge is -2.08. The Morgan fingerprint density at radius 1 is 1.00 bits per heavy atom. The fourth-order valence-corrected chi connectivity index (χ4v) is 1.46. The van der Waals surface area contributed by atoms with Crippen molar-refractivity contribution in [3.63, 3.8) is 0 Å². The number of aromatic nitrogens is 1. The molecule has 0 amide bonds. The van der Waals surface area contributed by atoms with E-state index in [9.17, 15) is 13.2 Å². The van der Waals surface area contributed by atoms with Crippen LogP contribution in [0.2, 0.25) is 0 Å². The first-order chi connectivity index (χ1) is 9.55. The molecule has 1 heterocycles. The zero-order valence-electron chi connectivity index (χ0n) is 11.4. The first kappa shape index (κ1) is 16.0. The summed E-state index contributed by atoms with van der Waals surface area (Å²) in [4.78, 5) is 3.40. The largest absolute Gasteiger partial charge is 0.433 e. The Morgan fingerprint density at radius 2 is 1.65 bits per heavy atom. The summed E-state index contributed by atoms with van der Waals surface area (Å²) in [7, 11) is 0. The molecule has 0 unspecified atom stereocenters. The number of alkyl halides is 3. The number of hydrogen-bond acceptors (Lipinski definition) is 2. The Kier molecular flexibility index (Phi) is 6.03. The minimum absolute atomic E-state index is 0.440. The molecule has 0 bridgehead atoms. The molecule has 1 aromatic heterocycles. The number of para-hydroxylation sites is 1. The molecule has 0 saturated carbocycles. The lowest BCUT2D eigenvalue weighted by molar-refractivity contribution is -0.141. The van der Waals surface area contributed by atoms with Crippen molar-refractivity contribution in [1.29, 1.82) is 0 Å². The van der Waals surface area contributed by atoms with Crippen LogP contribution in [0.15, 0.2) is 48.7 Å². The summed E-state index contributed by atoms with van der Waals surface area (Å²) in [5.41, 5.74) is 0.746. The van der Waals surface area contributed by atoms with E-state index in [4.69, 9.17) is 0 Å². The van der Waals surface area contributed by atoms with Crippen LogP contribution in [0.3, 0.4) is 0 Å². The van der Waals surface area contributed by atoms with Gasteiger partial charge in [0.25, 0.3) is 0 Å². The van der Waals surface area contributed by atoms with E-state index in [1.165, 1.54) is 12.3 Å². The maximum absolute atomic E-state index is 12.3. The Balaban J connectivity index is 0.000000956. The van der Waals surface area contributed by atoms with Crippen molar-refractivity contribution in [2.45, 2.75) is 26.6 Å². The van der Waals surface area contributed by atoms with Crippen LogP contribution in [-0.2, 0) is 12.7 Å². The number of hydrogen-bond donors (Lipinski definition) is 1. The van der Waals surface area contributed by atoms with E-state index in [2.05, 4.69) is 10.3 Å². The molecule has 1 N–H and O–H groups in total. The molecule has 0 aliphatic rings. The number of anilines is 1. The third kappa shape index (κ3) is 4.91. The van der Waals surface area contributed by atoms with Crippen LogP contribution < -0.4 is 5.32 Å². The normalized spacial score (nSPS) is 10.4. The Bertz CT molecular complexity index is 493. The van der Waals surface area contributed by atoms with Gasteiger partial charge in [-0.05, 0) is 23.8 Å². The van der Waals surface area contributed by atoms with Gasteiger partial charge >= 0.3 is 6.18 Å². The SMILES string of the molecule is CC.FC(F)(F)c1ccc(CNc2ccccc2)cn1. The minimum atomic E-state index is -4.38. The van der Waals surface area contributed by atoms with Crippen LogP contribution in [0.25, 0.3) is 0 Å². The zero-order valence-corrected chi connectivity index (χ0v) is 11.4. The van der Waals surface area contributed by atoms with Gasteiger partial charge in [-0.3, -0.25) is 4.98 Å². The highest BCUT2D eigenvalue weighted by Gasteiger charge is 2.31. The molecular weight excluding hydrogens is 265 g/mol. The number of nitrogens with zero attached hydrogens (tertiary/aromatic N) is 1. The number of benzene rings is 1. The standard InChI is InChI=1S/C13H11F3N2.C2H6/c14-13(15,16)12-7-6-10(9-18-12)8-17-11-4-2-1-3-5-11;1-2/h1-7,9,17H,8H2;1-2H3. The molecule has 0 atom stereocenters. The topological polar surface area (TPSA) is 24.9 Å². The van der Waals surface area contributed by atoms with Crippen LogP contribution in [0.4, 0.5) is 18.9 Å². The van der Waals surface area contributed by atoms with Crippen molar-refractivity contribution in [3.05, 3.63) is 59.9 Å². The first-order valence-electron chi connectivity index (χ1n) is 6.37. The maximum atomic E-state index is 12.3. The van der Waals surface area contributed by atoms with E-state index in [-0.39, 0.29) is 0 Å². The Labute approximate surface area is 116 Å². The predicted molar refractivity (Wildman–Crippen MR) is 74.4 cm³/mol. The quantitative estimate of drug-likeness (QED) is 0.879. The molecule has 0 aliphatic carbocycles. The van der Waals surface area contributed by atoms with Gasteiger partial charge in [0.15, 0.2) is 0 Å². The maximum Gasteiger partial charge on any atom is 0.433 e. The molecule has 0 spiro atoms. The Hall–Kier alpha value is -2.04. The van der Waals surface area contributed by atoms with Crippen molar-refractivity contribution in [2.75, 3.05) is 5.32 Å². The molecule has 1 aromatic carbocycles. The zero-order chi connectivity index (χ0) is 15.0. The van der Waals surface area contributed by atoms with E-state index in [0.29, 0.717) is 12.1 Å². The van der Waals surface area contributed by atoms with E-state index in [1.54, 1.807) is 0 Å². The summed E-state index contributed by atoms with van der Waals surface area (Å²) >= 11 is 0. The van der Waals surface area contributed by atoms with Gasteiger partial charge in [-0.1, -0.05) is 38.1 Å². The van der Waals surface area contributed by atoms with E-state index in [1.807, 2.05) is 44.2 Å². The van der Waals surface area contributed by atoms with Crippen LogP contribution in [0.1, 0.15) is 25.1 Å². The number of rotatable bonds is 3. The van der Waals surface area contributed by atoms with Crippen LogP contribution in [0.5, 0.6) is 0 Å². The lowest BCUT2D eigenvalue weighted by Crippen LogP contribution is -2.08. The van der Waals surface area contributed by atoms with Crippen LogP contribution >= 0.6 is 0 Å². The fraction of sp³-hybridized carbons (Fsp3) is 0.267. The van der Waals surface area contributed by atoms with Gasteiger partial charge in [0.1, 0.15) is 5.69 Å². The van der Waals surface area contributed by atoms with Crippen LogP contribution in [0, 0.1) is 0 Å². The highest BCUT2D eigenvalue weighted by atomic mass is 19.4.